The van der Waals surface area contributed by atoms with Crippen LogP contribution in [0.25, 0.3) is 0 Å². The Hall–Kier alpha value is -1.06. The summed E-state index contributed by atoms with van der Waals surface area (Å²) in [6.45, 7) is 4.75. The highest BCUT2D eigenvalue weighted by molar-refractivity contribution is 5.87. The van der Waals surface area contributed by atoms with Crippen LogP contribution < -0.4 is 0 Å². The molecular weight excluding hydrogens is 206 g/mol. The maximum atomic E-state index is 12.2. The second kappa shape index (κ2) is 3.47. The van der Waals surface area contributed by atoms with Gasteiger partial charge in [0, 0.05) is 18.5 Å². The van der Waals surface area contributed by atoms with Gasteiger partial charge in [-0.05, 0) is 32.6 Å². The second-order valence-electron chi connectivity index (χ2n) is 5.48. The second-order valence-corrected chi connectivity index (χ2v) is 5.48. The summed E-state index contributed by atoms with van der Waals surface area (Å²) in [7, 11) is 0. The van der Waals surface area contributed by atoms with E-state index in [1.165, 1.54) is 0 Å². The molecule has 1 aliphatic carbocycles. The highest BCUT2D eigenvalue weighted by atomic mass is 16.4. The topological polar surface area (TPSA) is 57.6 Å². The molecule has 2 fully saturated rings. The zero-order valence-electron chi connectivity index (χ0n) is 9.95. The first kappa shape index (κ1) is 11.4. The maximum absolute atomic E-state index is 12.2. The van der Waals surface area contributed by atoms with Crippen LogP contribution in [0.5, 0.6) is 0 Å². The predicted molar refractivity (Wildman–Crippen MR) is 58.9 cm³/mol. The van der Waals surface area contributed by atoms with Crippen molar-refractivity contribution >= 4 is 11.9 Å². The number of carboxylic acid groups (broad SMARTS) is 1. The Balaban J connectivity index is 2.04. The molecule has 1 saturated heterocycles. The summed E-state index contributed by atoms with van der Waals surface area (Å²) in [5, 5.41) is 9.11. The molecule has 2 aliphatic rings. The van der Waals surface area contributed by atoms with Crippen molar-refractivity contribution in [3.63, 3.8) is 0 Å². The summed E-state index contributed by atoms with van der Waals surface area (Å²) < 4.78 is 0. The molecule has 1 heterocycles. The molecular formula is C12H19NO3. The SMILES string of the molecule is CCC1(C(=O)N2CCC(C)(C(=O)O)C2)CC1. The molecule has 1 atom stereocenters. The van der Waals surface area contributed by atoms with Crippen molar-refractivity contribution in [1.29, 1.82) is 0 Å². The average Bonchev–Trinajstić information content (AvgIpc) is 2.95. The number of carbonyl (C=O) groups is 2. The minimum absolute atomic E-state index is 0.135. The molecule has 0 bridgehead atoms. The molecule has 0 aromatic carbocycles. The van der Waals surface area contributed by atoms with Crippen LogP contribution in [0.2, 0.25) is 0 Å². The minimum atomic E-state index is -0.788. The van der Waals surface area contributed by atoms with Crippen molar-refractivity contribution in [3.8, 4) is 0 Å². The Morgan fingerprint density at radius 1 is 1.31 bits per heavy atom. The molecule has 0 radical (unpaired) electrons. The standard InChI is InChI=1S/C12H19NO3/c1-3-12(4-5-12)9(14)13-7-6-11(2,8-13)10(15)16/h3-8H2,1-2H3,(H,15,16). The fourth-order valence-corrected chi connectivity index (χ4v) is 2.51. The summed E-state index contributed by atoms with van der Waals surface area (Å²) in [6, 6.07) is 0. The minimum Gasteiger partial charge on any atom is -0.481 e. The van der Waals surface area contributed by atoms with Gasteiger partial charge in [-0.1, -0.05) is 6.92 Å². The van der Waals surface area contributed by atoms with Crippen molar-refractivity contribution in [2.75, 3.05) is 13.1 Å². The lowest BCUT2D eigenvalue weighted by Gasteiger charge is -2.24. The van der Waals surface area contributed by atoms with Crippen molar-refractivity contribution in [2.24, 2.45) is 10.8 Å². The van der Waals surface area contributed by atoms with Gasteiger partial charge in [-0.25, -0.2) is 0 Å². The van der Waals surface area contributed by atoms with Crippen LogP contribution in [0.15, 0.2) is 0 Å². The zero-order chi connectivity index (χ0) is 12.0. The van der Waals surface area contributed by atoms with E-state index in [-0.39, 0.29) is 11.3 Å². The van der Waals surface area contributed by atoms with Crippen LogP contribution in [0, 0.1) is 10.8 Å². The molecule has 0 aromatic heterocycles. The monoisotopic (exact) mass is 225 g/mol. The van der Waals surface area contributed by atoms with Crippen LogP contribution in [0.4, 0.5) is 0 Å². The van der Waals surface area contributed by atoms with Crippen molar-refractivity contribution in [1.82, 2.24) is 4.90 Å². The van der Waals surface area contributed by atoms with Gasteiger partial charge in [-0.15, -0.1) is 0 Å². The Morgan fingerprint density at radius 2 is 1.94 bits per heavy atom. The summed E-state index contributed by atoms with van der Waals surface area (Å²) in [5.41, 5.74) is -0.872. The molecule has 1 N–H and O–H groups in total. The highest BCUT2D eigenvalue weighted by Crippen LogP contribution is 2.51. The first-order chi connectivity index (χ1) is 7.43. The van der Waals surface area contributed by atoms with E-state index < -0.39 is 11.4 Å². The van der Waals surface area contributed by atoms with Gasteiger partial charge >= 0.3 is 5.97 Å². The van der Waals surface area contributed by atoms with E-state index in [1.807, 2.05) is 6.92 Å². The maximum Gasteiger partial charge on any atom is 0.311 e. The number of aliphatic carboxylic acids is 1. The van der Waals surface area contributed by atoms with E-state index in [4.69, 9.17) is 5.11 Å². The Bertz CT molecular complexity index is 335. The fraction of sp³-hybridized carbons (Fsp3) is 0.833. The molecule has 1 amide bonds. The Kier molecular flexibility index (Phi) is 2.48. The van der Waals surface area contributed by atoms with Crippen LogP contribution >= 0.6 is 0 Å². The first-order valence-corrected chi connectivity index (χ1v) is 5.96. The molecule has 1 unspecified atom stereocenters. The zero-order valence-corrected chi connectivity index (χ0v) is 9.95. The lowest BCUT2D eigenvalue weighted by Crippen LogP contribution is -2.38. The van der Waals surface area contributed by atoms with Gasteiger partial charge in [0.2, 0.25) is 5.91 Å². The van der Waals surface area contributed by atoms with Gasteiger partial charge in [-0.2, -0.15) is 0 Å². The largest absolute Gasteiger partial charge is 0.481 e. The Morgan fingerprint density at radius 3 is 2.31 bits per heavy atom. The smallest absolute Gasteiger partial charge is 0.311 e. The lowest BCUT2D eigenvalue weighted by molar-refractivity contribution is -0.147. The van der Waals surface area contributed by atoms with Crippen LogP contribution in [-0.4, -0.2) is 35.0 Å². The van der Waals surface area contributed by atoms with Crippen molar-refractivity contribution in [2.45, 2.75) is 39.5 Å². The van der Waals surface area contributed by atoms with Gasteiger partial charge in [0.1, 0.15) is 0 Å². The number of likely N-dealkylation sites (tertiary alicyclic amines) is 1. The molecule has 1 saturated carbocycles. The number of carboxylic acids is 1. The summed E-state index contributed by atoms with van der Waals surface area (Å²) in [5.74, 6) is -0.607. The van der Waals surface area contributed by atoms with E-state index in [9.17, 15) is 9.59 Å². The first-order valence-electron chi connectivity index (χ1n) is 5.96. The van der Waals surface area contributed by atoms with Crippen LogP contribution in [0.3, 0.4) is 0 Å². The number of hydrogen-bond donors (Lipinski definition) is 1. The Labute approximate surface area is 95.6 Å². The lowest BCUT2D eigenvalue weighted by atomic mass is 9.90. The summed E-state index contributed by atoms with van der Waals surface area (Å²) >= 11 is 0. The quantitative estimate of drug-likeness (QED) is 0.791. The van der Waals surface area contributed by atoms with E-state index >= 15 is 0 Å². The number of carbonyl (C=O) groups excluding carboxylic acids is 1. The molecule has 2 rings (SSSR count). The van der Waals surface area contributed by atoms with Crippen LogP contribution in [-0.2, 0) is 9.59 Å². The third-order valence-electron chi connectivity index (χ3n) is 4.26. The van der Waals surface area contributed by atoms with Gasteiger partial charge < -0.3 is 10.0 Å². The third kappa shape index (κ3) is 1.60. The number of rotatable bonds is 3. The van der Waals surface area contributed by atoms with E-state index in [0.29, 0.717) is 19.5 Å². The van der Waals surface area contributed by atoms with Gasteiger partial charge in [0.05, 0.1) is 5.41 Å². The molecule has 4 nitrogen and oxygen atoms in total. The number of nitrogens with zero attached hydrogens (tertiary/aromatic N) is 1. The van der Waals surface area contributed by atoms with Gasteiger partial charge in [0.15, 0.2) is 0 Å². The average molecular weight is 225 g/mol. The fourth-order valence-electron chi connectivity index (χ4n) is 2.51. The third-order valence-corrected chi connectivity index (χ3v) is 4.26. The van der Waals surface area contributed by atoms with E-state index in [2.05, 4.69) is 0 Å². The highest BCUT2D eigenvalue weighted by Gasteiger charge is 2.53. The van der Waals surface area contributed by atoms with E-state index in [0.717, 1.165) is 19.3 Å². The molecule has 16 heavy (non-hydrogen) atoms. The molecule has 90 valence electrons. The molecule has 0 spiro atoms. The number of amides is 1. The summed E-state index contributed by atoms with van der Waals surface area (Å²) in [6.07, 6.45) is 3.41. The summed E-state index contributed by atoms with van der Waals surface area (Å²) in [4.78, 5) is 25.0. The molecule has 1 aliphatic heterocycles. The molecule has 0 aromatic rings. The van der Waals surface area contributed by atoms with Crippen LogP contribution in [0.1, 0.15) is 39.5 Å². The normalized spacial score (nSPS) is 31.5. The number of hydrogen-bond acceptors (Lipinski definition) is 2. The van der Waals surface area contributed by atoms with E-state index in [1.54, 1.807) is 11.8 Å². The van der Waals surface area contributed by atoms with Crippen molar-refractivity contribution in [3.05, 3.63) is 0 Å². The van der Waals surface area contributed by atoms with Gasteiger partial charge in [-0.3, -0.25) is 9.59 Å². The van der Waals surface area contributed by atoms with Gasteiger partial charge in [0.25, 0.3) is 0 Å². The molecule has 4 heteroatoms. The predicted octanol–water partition coefficient (Wildman–Crippen LogP) is 1.50. The van der Waals surface area contributed by atoms with Crippen molar-refractivity contribution < 1.29 is 14.7 Å².